The van der Waals surface area contributed by atoms with Gasteiger partial charge in [0, 0.05) is 0 Å². The summed E-state index contributed by atoms with van der Waals surface area (Å²) in [4.78, 5) is 0. The second kappa shape index (κ2) is 4.01. The van der Waals surface area contributed by atoms with Crippen LogP contribution in [0.15, 0.2) is 0 Å². The Labute approximate surface area is 66.0 Å². The average molecular weight is 190 g/mol. The predicted octanol–water partition coefficient (Wildman–Crippen LogP) is 1.47. The van der Waals surface area contributed by atoms with Crippen molar-refractivity contribution in [3.05, 3.63) is 0 Å². The van der Waals surface area contributed by atoms with Gasteiger partial charge in [-0.2, -0.15) is 11.5 Å². The molecule has 0 unspecified atom stereocenters. The molecule has 0 rings (SSSR count). The van der Waals surface area contributed by atoms with Gasteiger partial charge in [0.2, 0.25) is 0 Å². The van der Waals surface area contributed by atoms with Crippen molar-refractivity contribution < 1.29 is 0 Å². The number of halogens is 3. The quantitative estimate of drug-likeness (QED) is 0.471. The van der Waals surface area contributed by atoms with E-state index in [2.05, 4.69) is 0 Å². The van der Waals surface area contributed by atoms with Gasteiger partial charge in [-0.05, 0) is 7.05 Å². The summed E-state index contributed by atoms with van der Waals surface area (Å²) in [7, 11) is 0.137. The van der Waals surface area contributed by atoms with Crippen LogP contribution in [0.4, 0.5) is 0 Å². The monoisotopic (exact) mass is 189 g/mol. The Kier molecular flexibility index (Phi) is 4.57. The van der Waals surface area contributed by atoms with Crippen LogP contribution < -0.4 is 0 Å². The molecule has 8 heavy (non-hydrogen) atoms. The predicted molar refractivity (Wildman–Crippen MR) is 44.1 cm³/mol. The molecule has 0 radical (unpaired) electrons. The molecule has 0 aliphatic carbocycles. The molecule has 0 fully saturated rings. The van der Waals surface area contributed by atoms with Crippen molar-refractivity contribution in [3.63, 3.8) is 0 Å². The van der Waals surface area contributed by atoms with Gasteiger partial charge in [0.15, 0.2) is 0 Å². The Balaban J connectivity index is 3.46. The zero-order valence-electron chi connectivity index (χ0n) is 4.74. The molecule has 0 saturated heterocycles. The fourth-order valence-electron chi connectivity index (χ4n) is 0.155. The third kappa shape index (κ3) is 3.20. The van der Waals surface area contributed by atoms with E-state index in [1.54, 1.807) is 4.48 Å². The molecule has 0 aliphatic rings. The summed E-state index contributed by atoms with van der Waals surface area (Å²) in [6.07, 6.45) is -0.0540. The first-order valence-corrected chi connectivity index (χ1v) is 6.64. The first-order chi connectivity index (χ1) is 3.55. The van der Waals surface area contributed by atoms with Gasteiger partial charge in [-0.15, -0.1) is 22.2 Å². The summed E-state index contributed by atoms with van der Waals surface area (Å²) < 4.78 is 1.77. The van der Waals surface area contributed by atoms with Gasteiger partial charge in [0.25, 0.3) is 7.58 Å². The van der Waals surface area contributed by atoms with Crippen molar-refractivity contribution in [2.75, 3.05) is 7.05 Å². The molecule has 0 heterocycles. The van der Waals surface area contributed by atoms with Crippen LogP contribution >= 0.6 is 33.6 Å². The molecule has 0 amide bonds. The molecule has 0 aliphatic heterocycles. The Hall–Kier alpha value is 1.11. The minimum atomic E-state index is -1.68. The van der Waals surface area contributed by atoms with Crippen LogP contribution in [0.2, 0.25) is 6.82 Å². The largest absolute Gasteiger partial charge is 0.332 e. The zero-order valence-corrected chi connectivity index (χ0v) is 8.16. The van der Waals surface area contributed by atoms with E-state index >= 15 is 0 Å². The summed E-state index contributed by atoms with van der Waals surface area (Å²) in [5, 5.41) is 0. The highest BCUT2D eigenvalue weighted by atomic mass is 35.7. The molecular formula is C2H7BCl3NSi. The molecule has 0 saturated carbocycles. The molecule has 0 aromatic rings. The maximum absolute atomic E-state index is 5.61. The molecule has 0 spiro atoms. The van der Waals surface area contributed by atoms with Gasteiger partial charge >= 0.3 is 6.26 Å². The molecule has 48 valence electrons. The van der Waals surface area contributed by atoms with Gasteiger partial charge in [-0.3, -0.25) is 0 Å². The fourth-order valence-corrected chi connectivity index (χ4v) is 2.16. The lowest BCUT2D eigenvalue weighted by Crippen LogP contribution is -2.35. The molecule has 6 heteroatoms. The lowest BCUT2D eigenvalue weighted by Gasteiger charge is -2.15. The van der Waals surface area contributed by atoms with Crippen LogP contribution in [0.3, 0.4) is 0 Å². The van der Waals surface area contributed by atoms with E-state index in [1.807, 2.05) is 13.9 Å². The number of rotatable bonds is 2. The normalized spacial score (nSPS) is 10.9. The van der Waals surface area contributed by atoms with Crippen molar-refractivity contribution in [2.45, 2.75) is 6.82 Å². The highest BCUT2D eigenvalue weighted by molar-refractivity contribution is 7.35. The van der Waals surface area contributed by atoms with E-state index in [4.69, 9.17) is 33.6 Å². The summed E-state index contributed by atoms with van der Waals surface area (Å²) in [5.74, 6) is 0. The van der Waals surface area contributed by atoms with E-state index in [9.17, 15) is 0 Å². The van der Waals surface area contributed by atoms with E-state index in [0.717, 1.165) is 0 Å². The van der Waals surface area contributed by atoms with Gasteiger partial charge in [-0.1, -0.05) is 6.82 Å². The van der Waals surface area contributed by atoms with E-state index in [1.165, 1.54) is 0 Å². The maximum Gasteiger partial charge on any atom is 0.322 e. The maximum atomic E-state index is 5.61. The third-order valence-electron chi connectivity index (χ3n) is 0.869. The molecule has 0 aromatic heterocycles. The fraction of sp³-hybridized carbons (Fsp3) is 1.00. The first-order valence-electron chi connectivity index (χ1n) is 2.20. The Morgan fingerprint density at radius 1 is 1.50 bits per heavy atom. The van der Waals surface area contributed by atoms with E-state index in [-0.39, 0.29) is 6.26 Å². The van der Waals surface area contributed by atoms with Crippen molar-refractivity contribution in [3.8, 4) is 0 Å². The van der Waals surface area contributed by atoms with E-state index < -0.39 is 7.58 Å². The van der Waals surface area contributed by atoms with Crippen LogP contribution in [0.25, 0.3) is 0 Å². The van der Waals surface area contributed by atoms with Gasteiger partial charge in [0.1, 0.15) is 0 Å². The Morgan fingerprint density at radius 2 is 1.88 bits per heavy atom. The lowest BCUT2D eigenvalue weighted by atomic mass is 9.99. The zero-order chi connectivity index (χ0) is 6.73. The van der Waals surface area contributed by atoms with E-state index in [0.29, 0.717) is 0 Å². The highest BCUT2D eigenvalue weighted by Crippen LogP contribution is 2.05. The molecule has 0 aromatic carbocycles. The summed E-state index contributed by atoms with van der Waals surface area (Å²) in [6.45, 7) is 1.84. The number of hydrogen-bond acceptors (Lipinski definition) is 1. The first kappa shape index (κ1) is 9.11. The minimum absolute atomic E-state index is 0.0540. The second-order valence-electron chi connectivity index (χ2n) is 1.52. The molecule has 0 N–H and O–H groups in total. The van der Waals surface area contributed by atoms with Gasteiger partial charge in [0.05, 0.1) is 0 Å². The summed E-state index contributed by atoms with van der Waals surface area (Å²) in [6, 6.07) is 0. The van der Waals surface area contributed by atoms with Crippen LogP contribution in [-0.2, 0) is 0 Å². The second-order valence-corrected chi connectivity index (χ2v) is 6.67. The van der Waals surface area contributed by atoms with Crippen molar-refractivity contribution >= 4 is 47.5 Å². The van der Waals surface area contributed by atoms with Gasteiger partial charge < -0.3 is 4.48 Å². The van der Waals surface area contributed by atoms with Crippen LogP contribution in [0.5, 0.6) is 0 Å². The molecule has 0 atom stereocenters. The van der Waals surface area contributed by atoms with Crippen molar-refractivity contribution in [2.24, 2.45) is 0 Å². The number of nitrogens with zero attached hydrogens (tertiary/aromatic N) is 1. The standard InChI is InChI=1S/C2H7BCl3NSi/c1-3(4)7(2)8(5)6/h8H,1-2H3. The van der Waals surface area contributed by atoms with Crippen molar-refractivity contribution in [1.29, 1.82) is 0 Å². The topological polar surface area (TPSA) is 3.24 Å². The Bertz CT molecular complexity index is 62.3. The molecular weight excluding hydrogens is 183 g/mol. The van der Waals surface area contributed by atoms with Crippen LogP contribution in [0.1, 0.15) is 0 Å². The van der Waals surface area contributed by atoms with Gasteiger partial charge in [-0.25, -0.2) is 0 Å². The van der Waals surface area contributed by atoms with Crippen LogP contribution in [-0.4, -0.2) is 25.4 Å². The van der Waals surface area contributed by atoms with Crippen LogP contribution in [0, 0.1) is 0 Å². The SMILES string of the molecule is CB(Cl)N(C)[SiH](Cl)Cl. The smallest absolute Gasteiger partial charge is 0.322 e. The average Bonchev–Trinajstić information content (AvgIpc) is 1.64. The minimum Gasteiger partial charge on any atom is -0.332 e. The Morgan fingerprint density at radius 3 is 1.88 bits per heavy atom. The number of hydrogen-bond donors (Lipinski definition) is 0. The van der Waals surface area contributed by atoms with Crippen molar-refractivity contribution in [1.82, 2.24) is 4.48 Å². The molecule has 0 bridgehead atoms. The third-order valence-corrected chi connectivity index (χ3v) is 4.28. The summed E-state index contributed by atoms with van der Waals surface area (Å²) >= 11 is 16.8. The summed E-state index contributed by atoms with van der Waals surface area (Å²) in [5.41, 5.74) is 0. The highest BCUT2D eigenvalue weighted by Gasteiger charge is 2.17. The molecule has 1 nitrogen and oxygen atoms in total. The lowest BCUT2D eigenvalue weighted by molar-refractivity contribution is 0.851.